The number of amides is 1. The normalized spacial score (nSPS) is 18.1. The topological polar surface area (TPSA) is 88.9 Å². The molecule has 2 aromatic carbocycles. The highest BCUT2D eigenvalue weighted by molar-refractivity contribution is 6.00. The number of fused-ring (bicyclic) bond motifs is 1. The monoisotopic (exact) mass is 364 g/mol. The first-order valence-electron chi connectivity index (χ1n) is 8.56. The van der Waals surface area contributed by atoms with E-state index in [1.165, 1.54) is 0 Å². The average molecular weight is 364 g/mol. The molecule has 0 unspecified atom stereocenters. The first-order valence-corrected chi connectivity index (χ1v) is 8.56. The van der Waals surface area contributed by atoms with E-state index in [0.717, 1.165) is 0 Å². The number of nitrogens with zero attached hydrogens (tertiary/aromatic N) is 2. The minimum atomic E-state index is -0.554. The van der Waals surface area contributed by atoms with Crippen molar-refractivity contribution in [1.82, 2.24) is 0 Å². The lowest BCUT2D eigenvalue weighted by atomic mass is 10.1. The van der Waals surface area contributed by atoms with Gasteiger partial charge in [0.1, 0.15) is 19.0 Å². The van der Waals surface area contributed by atoms with Crippen LogP contribution >= 0.6 is 0 Å². The molecule has 27 heavy (non-hydrogen) atoms. The van der Waals surface area contributed by atoms with Crippen LogP contribution in [0.15, 0.2) is 42.5 Å². The Morgan fingerprint density at radius 3 is 2.59 bits per heavy atom. The molecule has 2 aliphatic rings. The van der Waals surface area contributed by atoms with Crippen LogP contribution in [0.1, 0.15) is 12.0 Å². The molecule has 0 spiro atoms. The summed E-state index contributed by atoms with van der Waals surface area (Å²) < 4.78 is 16.4. The smallest absolute Gasteiger partial charge is 0.316 e. The zero-order chi connectivity index (χ0) is 18.8. The molecule has 2 aromatic rings. The van der Waals surface area contributed by atoms with Gasteiger partial charge in [-0.1, -0.05) is 0 Å². The van der Waals surface area contributed by atoms with Gasteiger partial charge in [0, 0.05) is 24.7 Å². The Morgan fingerprint density at radius 1 is 1.11 bits per heavy atom. The second-order valence-corrected chi connectivity index (χ2v) is 6.29. The molecule has 1 fully saturated rings. The molecule has 0 N–H and O–H groups in total. The zero-order valence-electron chi connectivity index (χ0n) is 14.4. The summed E-state index contributed by atoms with van der Waals surface area (Å²) in [7, 11) is 0. The predicted molar refractivity (Wildman–Crippen MR) is 94.7 cm³/mol. The summed E-state index contributed by atoms with van der Waals surface area (Å²) in [5.74, 6) is 0.427. The van der Waals surface area contributed by atoms with Crippen LogP contribution in [0, 0.1) is 17.2 Å². The Balaban J connectivity index is 1.45. The largest absolute Gasteiger partial charge is 0.486 e. The van der Waals surface area contributed by atoms with Crippen LogP contribution in [-0.2, 0) is 9.59 Å². The summed E-state index contributed by atoms with van der Waals surface area (Å²) in [5, 5.41) is 8.81. The number of esters is 1. The van der Waals surface area contributed by atoms with Crippen LogP contribution in [-0.4, -0.2) is 31.6 Å². The summed E-state index contributed by atoms with van der Waals surface area (Å²) in [5.41, 5.74) is 1.15. The van der Waals surface area contributed by atoms with E-state index < -0.39 is 11.9 Å². The molecule has 7 heteroatoms. The molecule has 2 aliphatic heterocycles. The summed E-state index contributed by atoms with van der Waals surface area (Å²) in [6.45, 7) is 1.20. The van der Waals surface area contributed by atoms with Gasteiger partial charge >= 0.3 is 5.97 Å². The highest BCUT2D eigenvalue weighted by Crippen LogP contribution is 2.36. The van der Waals surface area contributed by atoms with Gasteiger partial charge < -0.3 is 19.1 Å². The van der Waals surface area contributed by atoms with Crippen molar-refractivity contribution in [3.63, 3.8) is 0 Å². The molecule has 0 bridgehead atoms. The molecule has 0 saturated carbocycles. The van der Waals surface area contributed by atoms with E-state index in [-0.39, 0.29) is 18.9 Å². The highest BCUT2D eigenvalue weighted by atomic mass is 16.6. The Hall–Kier alpha value is -3.53. The molecule has 1 amide bonds. The molecule has 1 atom stereocenters. The lowest BCUT2D eigenvalue weighted by Crippen LogP contribution is -2.27. The first kappa shape index (κ1) is 16.9. The lowest BCUT2D eigenvalue weighted by molar-refractivity contribution is -0.139. The lowest BCUT2D eigenvalue weighted by Gasteiger charge is -2.22. The van der Waals surface area contributed by atoms with E-state index in [2.05, 4.69) is 0 Å². The molecule has 2 heterocycles. The summed E-state index contributed by atoms with van der Waals surface area (Å²) in [4.78, 5) is 26.4. The van der Waals surface area contributed by atoms with E-state index >= 15 is 0 Å². The fourth-order valence-electron chi connectivity index (χ4n) is 3.11. The Kier molecular flexibility index (Phi) is 4.38. The predicted octanol–water partition coefficient (Wildman–Crippen LogP) is 2.29. The van der Waals surface area contributed by atoms with Crippen molar-refractivity contribution in [2.24, 2.45) is 5.92 Å². The van der Waals surface area contributed by atoms with Crippen molar-refractivity contribution in [3.05, 3.63) is 48.0 Å². The first-order chi connectivity index (χ1) is 13.1. The van der Waals surface area contributed by atoms with Crippen LogP contribution < -0.4 is 19.1 Å². The van der Waals surface area contributed by atoms with Crippen molar-refractivity contribution >= 4 is 17.6 Å². The fraction of sp³-hybridized carbons (Fsp3) is 0.250. The molecule has 1 saturated heterocycles. The molecule has 4 rings (SSSR count). The minimum Gasteiger partial charge on any atom is -0.486 e. The zero-order valence-corrected chi connectivity index (χ0v) is 14.4. The van der Waals surface area contributed by atoms with Gasteiger partial charge in [-0.2, -0.15) is 5.26 Å². The Morgan fingerprint density at radius 2 is 1.85 bits per heavy atom. The summed E-state index contributed by atoms with van der Waals surface area (Å²) >= 11 is 0. The van der Waals surface area contributed by atoms with Crippen molar-refractivity contribution < 1.29 is 23.8 Å². The van der Waals surface area contributed by atoms with Crippen LogP contribution in [0.25, 0.3) is 0 Å². The van der Waals surface area contributed by atoms with Crippen molar-refractivity contribution in [1.29, 1.82) is 5.26 Å². The van der Waals surface area contributed by atoms with E-state index in [1.807, 2.05) is 6.07 Å². The number of nitriles is 1. The molecule has 7 nitrogen and oxygen atoms in total. The van der Waals surface area contributed by atoms with Gasteiger partial charge in [-0.05, 0) is 36.4 Å². The molecular formula is C20H16N2O5. The Bertz CT molecular complexity index is 932. The molecule has 0 radical (unpaired) electrons. The number of hydrogen-bond acceptors (Lipinski definition) is 6. The second kappa shape index (κ2) is 7.00. The number of carbonyl (C=O) groups is 2. The second-order valence-electron chi connectivity index (χ2n) is 6.29. The Labute approximate surface area is 155 Å². The van der Waals surface area contributed by atoms with Gasteiger partial charge in [0.2, 0.25) is 5.91 Å². The van der Waals surface area contributed by atoms with Gasteiger partial charge in [0.15, 0.2) is 11.5 Å². The average Bonchev–Trinajstić information content (AvgIpc) is 3.10. The molecule has 0 aliphatic carbocycles. The van der Waals surface area contributed by atoms with E-state index in [0.29, 0.717) is 41.7 Å². The molecule has 0 aromatic heterocycles. The standard InChI is InChI=1S/C20H16N2O5/c21-11-13-1-4-16(5-2-13)27-20(24)14-9-19(23)22(12-14)15-3-6-17-18(10-15)26-8-7-25-17/h1-6,10,14H,7-9,12H2/t14-/m0/s1. The number of benzene rings is 2. The summed E-state index contributed by atoms with van der Waals surface area (Å²) in [6.07, 6.45) is 0.0869. The van der Waals surface area contributed by atoms with Gasteiger partial charge in [-0.25, -0.2) is 0 Å². The minimum absolute atomic E-state index is 0.0869. The van der Waals surface area contributed by atoms with Gasteiger partial charge in [-0.3, -0.25) is 9.59 Å². The van der Waals surface area contributed by atoms with Crippen LogP contribution in [0.4, 0.5) is 5.69 Å². The number of rotatable bonds is 3. The maximum Gasteiger partial charge on any atom is 0.316 e. The van der Waals surface area contributed by atoms with Crippen molar-refractivity contribution in [2.45, 2.75) is 6.42 Å². The summed E-state index contributed by atoms with van der Waals surface area (Å²) in [6, 6.07) is 13.6. The highest BCUT2D eigenvalue weighted by Gasteiger charge is 2.36. The number of ether oxygens (including phenoxy) is 3. The van der Waals surface area contributed by atoms with Crippen molar-refractivity contribution in [2.75, 3.05) is 24.7 Å². The van der Waals surface area contributed by atoms with E-state index in [4.69, 9.17) is 19.5 Å². The SMILES string of the molecule is N#Cc1ccc(OC(=O)[C@H]2CC(=O)N(c3ccc4c(c3)OCCO4)C2)cc1. The molecular weight excluding hydrogens is 348 g/mol. The number of anilines is 1. The maximum absolute atomic E-state index is 12.4. The van der Waals surface area contributed by atoms with Crippen LogP contribution in [0.2, 0.25) is 0 Å². The van der Waals surface area contributed by atoms with Gasteiger partial charge in [0.05, 0.1) is 17.6 Å². The third-order valence-corrected chi connectivity index (χ3v) is 4.50. The van der Waals surface area contributed by atoms with Crippen molar-refractivity contribution in [3.8, 4) is 23.3 Å². The maximum atomic E-state index is 12.4. The van der Waals surface area contributed by atoms with Crippen LogP contribution in [0.5, 0.6) is 17.2 Å². The van der Waals surface area contributed by atoms with E-state index in [1.54, 1.807) is 47.4 Å². The molecule has 136 valence electrons. The van der Waals surface area contributed by atoms with Gasteiger partial charge in [0.25, 0.3) is 0 Å². The number of carbonyl (C=O) groups excluding carboxylic acids is 2. The van der Waals surface area contributed by atoms with Gasteiger partial charge in [-0.15, -0.1) is 0 Å². The third-order valence-electron chi connectivity index (χ3n) is 4.50. The fourth-order valence-corrected chi connectivity index (χ4v) is 3.11. The quantitative estimate of drug-likeness (QED) is 0.613. The number of hydrogen-bond donors (Lipinski definition) is 0. The van der Waals surface area contributed by atoms with Crippen LogP contribution in [0.3, 0.4) is 0 Å². The third kappa shape index (κ3) is 3.42. The van der Waals surface area contributed by atoms with E-state index in [9.17, 15) is 9.59 Å².